The fraction of sp³-hybridized carbons (Fsp3) is 0.800. The van der Waals surface area contributed by atoms with Crippen LogP contribution in [0.5, 0.6) is 0 Å². The molecule has 4 nitrogen and oxygen atoms in total. The average Bonchev–Trinajstić information content (AvgIpc) is 2.59. The number of nitrogens with zero attached hydrogens (tertiary/aromatic N) is 3. The molecule has 0 bridgehead atoms. The Morgan fingerprint density at radius 3 is 2.70 bits per heavy atom. The molecule has 114 valence electrons. The maximum Gasteiger partial charge on any atom is 0.131 e. The highest BCUT2D eigenvalue weighted by Crippen LogP contribution is 2.24. The number of halogens is 1. The molecule has 0 saturated carbocycles. The Bertz CT molecular complexity index is 455. The first-order valence-electron chi connectivity index (χ1n) is 7.53. The Labute approximate surface area is 127 Å². The lowest BCUT2D eigenvalue weighted by molar-refractivity contribution is 0.111. The van der Waals surface area contributed by atoms with Crippen molar-refractivity contribution in [2.45, 2.75) is 52.7 Å². The number of nitrogens with one attached hydrogen (secondary N) is 1. The second kappa shape index (κ2) is 6.46. The molecule has 0 radical (unpaired) electrons. The van der Waals surface area contributed by atoms with Crippen LogP contribution in [0, 0.1) is 12.8 Å². The quantitative estimate of drug-likeness (QED) is 0.927. The molecule has 1 aliphatic rings. The topological polar surface area (TPSA) is 33.1 Å². The first-order chi connectivity index (χ1) is 9.38. The molecular formula is C15H27ClN4. The lowest BCUT2D eigenvalue weighted by Crippen LogP contribution is -2.55. The molecule has 0 amide bonds. The molecule has 0 aliphatic carbocycles. The van der Waals surface area contributed by atoms with Gasteiger partial charge in [-0.05, 0) is 26.2 Å². The monoisotopic (exact) mass is 298 g/mol. The fourth-order valence-corrected chi connectivity index (χ4v) is 3.29. The summed E-state index contributed by atoms with van der Waals surface area (Å²) in [7, 11) is 1.91. The van der Waals surface area contributed by atoms with Crippen molar-refractivity contribution in [2.75, 3.05) is 13.1 Å². The molecule has 2 atom stereocenters. The lowest BCUT2D eigenvalue weighted by Gasteiger charge is -2.40. The molecule has 1 aliphatic heterocycles. The predicted molar refractivity (Wildman–Crippen MR) is 84.1 cm³/mol. The zero-order valence-electron chi connectivity index (χ0n) is 13.3. The second-order valence-electron chi connectivity index (χ2n) is 6.50. The zero-order chi connectivity index (χ0) is 14.9. The minimum Gasteiger partial charge on any atom is -0.311 e. The van der Waals surface area contributed by atoms with Gasteiger partial charge < -0.3 is 5.32 Å². The molecule has 1 aromatic rings. The summed E-state index contributed by atoms with van der Waals surface area (Å²) in [6.45, 7) is 11.9. The van der Waals surface area contributed by atoms with Crippen molar-refractivity contribution >= 4 is 11.6 Å². The molecule has 1 saturated heterocycles. The number of rotatable bonds is 4. The SMILES string of the molecule is Cc1nn(C)c(Cl)c1CN1CC(C)NCC1CC(C)C. The van der Waals surface area contributed by atoms with Gasteiger partial charge in [-0.1, -0.05) is 25.4 Å². The van der Waals surface area contributed by atoms with Gasteiger partial charge in [0.1, 0.15) is 5.15 Å². The van der Waals surface area contributed by atoms with E-state index in [0.29, 0.717) is 18.0 Å². The van der Waals surface area contributed by atoms with Crippen molar-refractivity contribution in [1.82, 2.24) is 20.0 Å². The van der Waals surface area contributed by atoms with E-state index in [0.717, 1.165) is 30.5 Å². The number of piperazine rings is 1. The van der Waals surface area contributed by atoms with Gasteiger partial charge >= 0.3 is 0 Å². The molecule has 0 aromatic carbocycles. The van der Waals surface area contributed by atoms with E-state index in [1.165, 1.54) is 12.0 Å². The highest BCUT2D eigenvalue weighted by molar-refractivity contribution is 6.30. The molecule has 5 heteroatoms. The van der Waals surface area contributed by atoms with Crippen LogP contribution in [-0.4, -0.2) is 39.9 Å². The van der Waals surface area contributed by atoms with Gasteiger partial charge in [-0.2, -0.15) is 5.10 Å². The molecule has 2 heterocycles. The summed E-state index contributed by atoms with van der Waals surface area (Å²) in [5, 5.41) is 8.79. The molecule has 0 spiro atoms. The van der Waals surface area contributed by atoms with E-state index in [1.54, 1.807) is 4.68 Å². The Kier molecular flexibility index (Phi) is 5.10. The summed E-state index contributed by atoms with van der Waals surface area (Å²) in [4.78, 5) is 2.57. The maximum absolute atomic E-state index is 6.38. The molecular weight excluding hydrogens is 272 g/mol. The Hall–Kier alpha value is -0.580. The van der Waals surface area contributed by atoms with Crippen molar-refractivity contribution < 1.29 is 0 Å². The summed E-state index contributed by atoms with van der Waals surface area (Å²) < 4.78 is 1.77. The van der Waals surface area contributed by atoms with Gasteiger partial charge in [0, 0.05) is 44.3 Å². The highest BCUT2D eigenvalue weighted by Gasteiger charge is 2.28. The van der Waals surface area contributed by atoms with Gasteiger partial charge in [0.15, 0.2) is 0 Å². The minimum absolute atomic E-state index is 0.536. The maximum atomic E-state index is 6.38. The van der Waals surface area contributed by atoms with E-state index < -0.39 is 0 Å². The van der Waals surface area contributed by atoms with Crippen LogP contribution >= 0.6 is 11.6 Å². The van der Waals surface area contributed by atoms with Gasteiger partial charge in [-0.3, -0.25) is 9.58 Å². The molecule has 1 aromatic heterocycles. The number of hydrogen-bond acceptors (Lipinski definition) is 3. The number of aryl methyl sites for hydroxylation is 2. The summed E-state index contributed by atoms with van der Waals surface area (Å²) >= 11 is 6.38. The lowest BCUT2D eigenvalue weighted by atomic mass is 9.98. The zero-order valence-corrected chi connectivity index (χ0v) is 14.0. The largest absolute Gasteiger partial charge is 0.311 e. The van der Waals surface area contributed by atoms with Gasteiger partial charge in [-0.25, -0.2) is 0 Å². The molecule has 2 unspecified atom stereocenters. The summed E-state index contributed by atoms with van der Waals surface area (Å²) in [5.41, 5.74) is 2.23. The summed E-state index contributed by atoms with van der Waals surface area (Å²) in [5.74, 6) is 0.711. The van der Waals surface area contributed by atoms with E-state index in [1.807, 2.05) is 14.0 Å². The standard InChI is InChI=1S/C15H27ClN4/c1-10(2)6-13-7-17-11(3)8-20(13)9-14-12(4)18-19(5)15(14)16/h10-11,13,17H,6-9H2,1-5H3. The van der Waals surface area contributed by atoms with Crippen molar-refractivity contribution in [1.29, 1.82) is 0 Å². The van der Waals surface area contributed by atoms with Crippen LogP contribution in [0.25, 0.3) is 0 Å². The minimum atomic E-state index is 0.536. The van der Waals surface area contributed by atoms with E-state index in [-0.39, 0.29) is 0 Å². The Morgan fingerprint density at radius 1 is 1.45 bits per heavy atom. The van der Waals surface area contributed by atoms with Gasteiger partial charge in [0.2, 0.25) is 0 Å². The molecule has 1 N–H and O–H groups in total. The van der Waals surface area contributed by atoms with Crippen LogP contribution in [0.3, 0.4) is 0 Å². The van der Waals surface area contributed by atoms with Crippen LogP contribution in [0.2, 0.25) is 5.15 Å². The third-order valence-electron chi connectivity index (χ3n) is 4.10. The van der Waals surface area contributed by atoms with Crippen LogP contribution in [0.1, 0.15) is 38.4 Å². The smallest absolute Gasteiger partial charge is 0.131 e. The van der Waals surface area contributed by atoms with Crippen LogP contribution in [0.15, 0.2) is 0 Å². The first kappa shape index (κ1) is 15.8. The third-order valence-corrected chi connectivity index (χ3v) is 4.57. The van der Waals surface area contributed by atoms with Gasteiger partial charge in [0.05, 0.1) is 5.69 Å². The van der Waals surface area contributed by atoms with Crippen LogP contribution in [0.4, 0.5) is 0 Å². The van der Waals surface area contributed by atoms with Gasteiger partial charge in [-0.15, -0.1) is 0 Å². The normalized spacial score (nSPS) is 24.6. The van der Waals surface area contributed by atoms with E-state index in [4.69, 9.17) is 11.6 Å². The molecule has 2 rings (SSSR count). The average molecular weight is 299 g/mol. The highest BCUT2D eigenvalue weighted by atomic mass is 35.5. The van der Waals surface area contributed by atoms with E-state index in [9.17, 15) is 0 Å². The van der Waals surface area contributed by atoms with E-state index in [2.05, 4.69) is 36.1 Å². The Morgan fingerprint density at radius 2 is 2.15 bits per heavy atom. The summed E-state index contributed by atoms with van der Waals surface area (Å²) in [6, 6.07) is 1.12. The second-order valence-corrected chi connectivity index (χ2v) is 6.86. The van der Waals surface area contributed by atoms with Crippen LogP contribution < -0.4 is 5.32 Å². The molecule has 20 heavy (non-hydrogen) atoms. The third kappa shape index (κ3) is 3.54. The fourth-order valence-electron chi connectivity index (χ4n) is 3.06. The van der Waals surface area contributed by atoms with Crippen LogP contribution in [-0.2, 0) is 13.6 Å². The summed E-state index contributed by atoms with van der Waals surface area (Å²) in [6.07, 6.45) is 1.22. The van der Waals surface area contributed by atoms with Crippen molar-refractivity contribution in [3.63, 3.8) is 0 Å². The predicted octanol–water partition coefficient (Wildman–Crippen LogP) is 2.59. The van der Waals surface area contributed by atoms with Gasteiger partial charge in [0.25, 0.3) is 0 Å². The number of aromatic nitrogens is 2. The Balaban J connectivity index is 2.14. The van der Waals surface area contributed by atoms with Crippen molar-refractivity contribution in [2.24, 2.45) is 13.0 Å². The van der Waals surface area contributed by atoms with E-state index >= 15 is 0 Å². The first-order valence-corrected chi connectivity index (χ1v) is 7.91. The van der Waals surface area contributed by atoms with Crippen molar-refractivity contribution in [3.05, 3.63) is 16.4 Å². The number of hydrogen-bond donors (Lipinski definition) is 1. The molecule has 1 fully saturated rings. The van der Waals surface area contributed by atoms with Crippen molar-refractivity contribution in [3.8, 4) is 0 Å².